The number of fused-ring (bicyclic) bond motifs is 3. The van der Waals surface area contributed by atoms with Crippen LogP contribution in [-0.2, 0) is 6.42 Å². The van der Waals surface area contributed by atoms with E-state index in [0.717, 1.165) is 21.9 Å². The molecular weight excluding hydrogens is 262 g/mol. The van der Waals surface area contributed by atoms with E-state index in [-0.39, 0.29) is 5.91 Å². The van der Waals surface area contributed by atoms with Crippen LogP contribution in [0.3, 0.4) is 0 Å². The molecule has 0 spiro atoms. The topological polar surface area (TPSA) is 67.0 Å². The van der Waals surface area contributed by atoms with Crippen LogP contribution in [0.1, 0.15) is 27.9 Å². The first-order chi connectivity index (χ1) is 9.20. The number of carbonyl (C=O) groups excluding carboxylic acids is 1. The molecule has 3 rings (SSSR count). The minimum absolute atomic E-state index is 0.128. The number of nitrogens with zero attached hydrogens (tertiary/aromatic N) is 1. The van der Waals surface area contributed by atoms with Crippen molar-refractivity contribution in [3.8, 4) is 16.3 Å². The van der Waals surface area contributed by atoms with E-state index in [1.54, 1.807) is 11.3 Å². The van der Waals surface area contributed by atoms with Crippen LogP contribution >= 0.6 is 11.3 Å². The van der Waals surface area contributed by atoms with Gasteiger partial charge in [-0.1, -0.05) is 0 Å². The molecule has 0 atom stereocenters. The highest BCUT2D eigenvalue weighted by molar-refractivity contribution is 7.15. The number of aryl methyl sites for hydroxylation is 1. The molecule has 19 heavy (non-hydrogen) atoms. The molecule has 0 saturated carbocycles. The Morgan fingerprint density at radius 1 is 1.63 bits per heavy atom. The van der Waals surface area contributed by atoms with Crippen molar-refractivity contribution in [2.24, 2.45) is 0 Å². The van der Waals surface area contributed by atoms with E-state index in [4.69, 9.17) is 4.74 Å². The van der Waals surface area contributed by atoms with Crippen LogP contribution in [0.4, 0.5) is 0 Å². The summed E-state index contributed by atoms with van der Waals surface area (Å²) in [4.78, 5) is 14.2. The minimum Gasteiger partial charge on any atom is -0.492 e. The fourth-order valence-corrected chi connectivity index (χ4v) is 3.24. The lowest BCUT2D eigenvalue weighted by Crippen LogP contribution is -2.24. The zero-order valence-corrected chi connectivity index (χ0v) is 11.7. The van der Waals surface area contributed by atoms with E-state index in [1.807, 2.05) is 19.9 Å². The molecular formula is C13H15N3O2S. The van der Waals surface area contributed by atoms with Crippen LogP contribution in [0.15, 0.2) is 6.07 Å². The van der Waals surface area contributed by atoms with Gasteiger partial charge in [-0.05, 0) is 19.9 Å². The normalized spacial score (nSPS) is 13.2. The van der Waals surface area contributed by atoms with Crippen LogP contribution in [0, 0.1) is 6.92 Å². The minimum atomic E-state index is -0.128. The van der Waals surface area contributed by atoms with Gasteiger partial charge in [0, 0.05) is 23.4 Å². The van der Waals surface area contributed by atoms with Gasteiger partial charge >= 0.3 is 0 Å². The first-order valence-electron chi connectivity index (χ1n) is 6.29. The zero-order valence-electron chi connectivity index (χ0n) is 10.9. The highest BCUT2D eigenvalue weighted by Crippen LogP contribution is 2.41. The third kappa shape index (κ3) is 2.02. The number of hydrogen-bond acceptors (Lipinski definition) is 4. The van der Waals surface area contributed by atoms with E-state index in [1.165, 1.54) is 4.88 Å². The molecule has 0 radical (unpaired) electrons. The van der Waals surface area contributed by atoms with E-state index in [0.29, 0.717) is 25.3 Å². The highest BCUT2D eigenvalue weighted by atomic mass is 32.1. The van der Waals surface area contributed by atoms with Crippen molar-refractivity contribution in [2.45, 2.75) is 20.3 Å². The van der Waals surface area contributed by atoms with Crippen molar-refractivity contribution in [3.63, 3.8) is 0 Å². The molecule has 100 valence electrons. The Morgan fingerprint density at radius 2 is 2.47 bits per heavy atom. The van der Waals surface area contributed by atoms with E-state index in [2.05, 4.69) is 15.5 Å². The van der Waals surface area contributed by atoms with E-state index >= 15 is 0 Å². The molecule has 6 heteroatoms. The highest BCUT2D eigenvalue weighted by Gasteiger charge is 2.25. The fourth-order valence-electron chi connectivity index (χ4n) is 2.26. The Hall–Kier alpha value is -1.82. The van der Waals surface area contributed by atoms with Crippen molar-refractivity contribution >= 4 is 17.2 Å². The summed E-state index contributed by atoms with van der Waals surface area (Å²) in [6.07, 6.45) is 0.693. The summed E-state index contributed by atoms with van der Waals surface area (Å²) in [5.74, 6) is 0.754. The number of amides is 1. The second-order valence-corrected chi connectivity index (χ2v) is 5.69. The van der Waals surface area contributed by atoms with Crippen molar-refractivity contribution < 1.29 is 9.53 Å². The van der Waals surface area contributed by atoms with Crippen molar-refractivity contribution in [2.75, 3.05) is 13.2 Å². The van der Waals surface area contributed by atoms with Crippen LogP contribution in [0.25, 0.3) is 10.6 Å². The molecule has 0 aliphatic carbocycles. The number of hydrogen-bond donors (Lipinski definition) is 2. The molecule has 5 nitrogen and oxygen atoms in total. The fraction of sp³-hybridized carbons (Fsp3) is 0.385. The lowest BCUT2D eigenvalue weighted by molar-refractivity contribution is 0.0950. The van der Waals surface area contributed by atoms with Gasteiger partial charge < -0.3 is 10.1 Å². The smallest absolute Gasteiger partial charge is 0.272 e. The second kappa shape index (κ2) is 4.70. The lowest BCUT2D eigenvalue weighted by Gasteiger charge is -2.02. The monoisotopic (exact) mass is 277 g/mol. The maximum Gasteiger partial charge on any atom is 0.272 e. The molecule has 1 aliphatic rings. The first kappa shape index (κ1) is 12.2. The predicted octanol–water partition coefficient (Wildman–Crippen LogP) is 2.13. The lowest BCUT2D eigenvalue weighted by atomic mass is 10.1. The second-order valence-electron chi connectivity index (χ2n) is 4.43. The Labute approximate surface area is 115 Å². The van der Waals surface area contributed by atoms with Gasteiger partial charge in [-0.15, -0.1) is 11.3 Å². The molecule has 3 heterocycles. The summed E-state index contributed by atoms with van der Waals surface area (Å²) in [7, 11) is 0. The molecule has 0 aromatic carbocycles. The van der Waals surface area contributed by atoms with E-state index in [9.17, 15) is 4.79 Å². The Kier molecular flexibility index (Phi) is 3.02. The molecule has 0 fully saturated rings. The third-order valence-electron chi connectivity index (χ3n) is 3.08. The summed E-state index contributed by atoms with van der Waals surface area (Å²) in [5, 5.41) is 9.96. The van der Waals surface area contributed by atoms with Gasteiger partial charge in [0.2, 0.25) is 0 Å². The predicted molar refractivity (Wildman–Crippen MR) is 73.8 cm³/mol. The Balaban J connectivity index is 2.09. The van der Waals surface area contributed by atoms with Crippen LogP contribution < -0.4 is 10.1 Å². The number of ether oxygens (including phenoxy) is 1. The molecule has 0 bridgehead atoms. The Morgan fingerprint density at radius 3 is 3.26 bits per heavy atom. The summed E-state index contributed by atoms with van der Waals surface area (Å²) in [6, 6.07) is 2.03. The van der Waals surface area contributed by atoms with Crippen molar-refractivity contribution in [3.05, 3.63) is 22.2 Å². The number of aromatic amines is 1. The number of thiophene rings is 1. The molecule has 1 amide bonds. The van der Waals surface area contributed by atoms with Crippen molar-refractivity contribution in [1.29, 1.82) is 0 Å². The van der Waals surface area contributed by atoms with Gasteiger partial charge in [0.15, 0.2) is 5.69 Å². The quantitative estimate of drug-likeness (QED) is 0.883. The van der Waals surface area contributed by atoms with Gasteiger partial charge in [0.25, 0.3) is 5.91 Å². The SMILES string of the molecule is CCNC(=O)c1n[nH]c2c1CCOc1cc(C)sc1-2. The maximum atomic E-state index is 12.0. The van der Waals surface area contributed by atoms with Crippen LogP contribution in [0.2, 0.25) is 0 Å². The summed E-state index contributed by atoms with van der Waals surface area (Å²) < 4.78 is 5.74. The van der Waals surface area contributed by atoms with Gasteiger partial charge in [-0.25, -0.2) is 0 Å². The molecule has 1 aliphatic heterocycles. The standard InChI is InChI=1S/C13H15N3O2S/c1-3-14-13(17)11-8-4-5-18-9-6-7(2)19-12(9)10(8)15-16-11/h6H,3-5H2,1-2H3,(H,14,17)(H,15,16). The average Bonchev–Trinajstić information content (AvgIpc) is 2.90. The molecule has 0 saturated heterocycles. The molecule has 2 N–H and O–H groups in total. The summed E-state index contributed by atoms with van der Waals surface area (Å²) >= 11 is 1.66. The van der Waals surface area contributed by atoms with Gasteiger partial charge in [0.1, 0.15) is 5.75 Å². The average molecular weight is 277 g/mol. The first-order valence-corrected chi connectivity index (χ1v) is 7.11. The summed E-state index contributed by atoms with van der Waals surface area (Å²) in [5.41, 5.74) is 2.36. The number of nitrogens with one attached hydrogen (secondary N) is 2. The largest absolute Gasteiger partial charge is 0.492 e. The zero-order chi connectivity index (χ0) is 13.4. The molecule has 2 aromatic heterocycles. The van der Waals surface area contributed by atoms with Gasteiger partial charge in [-0.2, -0.15) is 5.10 Å². The third-order valence-corrected chi connectivity index (χ3v) is 4.13. The number of rotatable bonds is 2. The maximum absolute atomic E-state index is 12.0. The molecule has 0 unspecified atom stereocenters. The Bertz CT molecular complexity index is 630. The molecule has 2 aromatic rings. The van der Waals surface area contributed by atoms with Gasteiger partial charge in [0.05, 0.1) is 17.2 Å². The van der Waals surface area contributed by atoms with Crippen LogP contribution in [0.5, 0.6) is 5.75 Å². The summed E-state index contributed by atoms with van der Waals surface area (Å²) in [6.45, 7) is 5.11. The van der Waals surface area contributed by atoms with E-state index < -0.39 is 0 Å². The number of carbonyl (C=O) groups is 1. The number of aromatic nitrogens is 2. The van der Waals surface area contributed by atoms with Crippen LogP contribution in [-0.4, -0.2) is 29.3 Å². The van der Waals surface area contributed by atoms with Crippen molar-refractivity contribution in [1.82, 2.24) is 15.5 Å². The number of H-pyrrole nitrogens is 1. The van der Waals surface area contributed by atoms with Gasteiger partial charge in [-0.3, -0.25) is 9.89 Å².